The van der Waals surface area contributed by atoms with E-state index >= 15 is 0 Å². The van der Waals surface area contributed by atoms with E-state index in [0.717, 1.165) is 22.3 Å². The molecule has 1 fully saturated rings. The second kappa shape index (κ2) is 7.13. The highest BCUT2D eigenvalue weighted by atomic mass is 16.5. The van der Waals surface area contributed by atoms with Gasteiger partial charge in [-0.2, -0.15) is 0 Å². The number of Topliss-reactive ketones (excluding diaryl/α,β-unsaturated/α-hetero) is 1. The van der Waals surface area contributed by atoms with E-state index < -0.39 is 17.3 Å². The first-order valence-corrected chi connectivity index (χ1v) is 11.7. The van der Waals surface area contributed by atoms with E-state index in [2.05, 4.69) is 31.2 Å². The first kappa shape index (κ1) is 20.8. The molecule has 3 aliphatic carbocycles. The molecule has 5 heteroatoms. The van der Waals surface area contributed by atoms with Crippen molar-refractivity contribution < 1.29 is 19.1 Å². The molecule has 34 heavy (non-hydrogen) atoms. The van der Waals surface area contributed by atoms with Gasteiger partial charge in [0.1, 0.15) is 5.75 Å². The molecule has 7 rings (SSSR count). The minimum absolute atomic E-state index is 0.134. The van der Waals surface area contributed by atoms with Crippen LogP contribution in [0.25, 0.3) is 0 Å². The van der Waals surface area contributed by atoms with Gasteiger partial charge in [-0.3, -0.25) is 14.4 Å². The second-order valence-corrected chi connectivity index (χ2v) is 9.44. The Hall–Kier alpha value is -3.73. The fourth-order valence-corrected chi connectivity index (χ4v) is 6.85. The molecule has 0 radical (unpaired) electrons. The molecule has 0 aromatic heterocycles. The first-order chi connectivity index (χ1) is 16.5. The third-order valence-corrected chi connectivity index (χ3v) is 8.18. The average molecular weight is 452 g/mol. The molecule has 3 aromatic carbocycles. The third kappa shape index (κ3) is 2.37. The number of methoxy groups -OCH3 is 1. The van der Waals surface area contributed by atoms with Crippen LogP contribution in [0.1, 0.15) is 58.8 Å². The number of ether oxygens (including phenoxy) is 1. The minimum atomic E-state index is -0.584. The van der Waals surface area contributed by atoms with Gasteiger partial charge in [-0.15, -0.1) is 0 Å². The van der Waals surface area contributed by atoms with Crippen LogP contribution in [0.5, 0.6) is 5.75 Å². The summed E-state index contributed by atoms with van der Waals surface area (Å²) in [6.45, 7) is 3.58. The zero-order valence-corrected chi connectivity index (χ0v) is 19.4. The average Bonchev–Trinajstić information content (AvgIpc) is 3.14. The lowest BCUT2D eigenvalue weighted by atomic mass is 9.46. The van der Waals surface area contributed by atoms with Gasteiger partial charge in [-0.05, 0) is 53.8 Å². The molecule has 0 unspecified atom stereocenters. The summed E-state index contributed by atoms with van der Waals surface area (Å²) in [4.78, 5) is 41.8. The molecule has 3 aromatic rings. The topological polar surface area (TPSA) is 63.7 Å². The fraction of sp³-hybridized carbons (Fsp3) is 0.276. The van der Waals surface area contributed by atoms with Crippen LogP contribution in [0.4, 0.5) is 5.69 Å². The molecule has 2 bridgehead atoms. The number of rotatable bonds is 4. The summed E-state index contributed by atoms with van der Waals surface area (Å²) in [7, 11) is 1.51. The van der Waals surface area contributed by atoms with Gasteiger partial charge >= 0.3 is 0 Å². The molecule has 1 saturated heterocycles. The molecule has 0 spiro atoms. The van der Waals surface area contributed by atoms with E-state index in [4.69, 9.17) is 4.74 Å². The predicted octanol–water partition coefficient (Wildman–Crippen LogP) is 4.86. The number of amides is 2. The maximum Gasteiger partial charge on any atom is 0.239 e. The lowest BCUT2D eigenvalue weighted by Gasteiger charge is -2.54. The highest BCUT2D eigenvalue weighted by Gasteiger charge is 2.67. The SMILES string of the molecule is CCC12c3ccccc3C(c3ccccc31)[C@@H]1C(=O)N(c3cc(C(C)=O)ccc3OC)C(=O)[C@@H]12. The van der Waals surface area contributed by atoms with E-state index in [-0.39, 0.29) is 23.5 Å². The number of hydrogen-bond acceptors (Lipinski definition) is 4. The highest BCUT2D eigenvalue weighted by Crippen LogP contribution is 2.65. The van der Waals surface area contributed by atoms with Crippen molar-refractivity contribution in [3.63, 3.8) is 0 Å². The van der Waals surface area contributed by atoms with Crippen molar-refractivity contribution in [3.05, 3.63) is 94.5 Å². The van der Waals surface area contributed by atoms with Crippen LogP contribution in [0.3, 0.4) is 0 Å². The molecule has 0 N–H and O–H groups in total. The van der Waals surface area contributed by atoms with Crippen molar-refractivity contribution in [2.45, 2.75) is 31.6 Å². The van der Waals surface area contributed by atoms with E-state index in [1.165, 1.54) is 18.9 Å². The van der Waals surface area contributed by atoms with E-state index in [9.17, 15) is 14.4 Å². The number of anilines is 1. The zero-order valence-electron chi connectivity index (χ0n) is 19.4. The monoisotopic (exact) mass is 451 g/mol. The summed E-state index contributed by atoms with van der Waals surface area (Å²) in [5.41, 5.74) is 4.77. The Morgan fingerprint density at radius 2 is 1.56 bits per heavy atom. The Kier molecular flexibility index (Phi) is 4.37. The van der Waals surface area contributed by atoms with Crippen LogP contribution < -0.4 is 9.64 Å². The molecule has 170 valence electrons. The van der Waals surface area contributed by atoms with Crippen molar-refractivity contribution in [1.82, 2.24) is 0 Å². The van der Waals surface area contributed by atoms with Crippen molar-refractivity contribution in [2.24, 2.45) is 11.8 Å². The van der Waals surface area contributed by atoms with E-state index in [1.54, 1.807) is 18.2 Å². The molecular weight excluding hydrogens is 426 g/mol. The normalized spacial score (nSPS) is 26.2. The Balaban J connectivity index is 1.62. The number of benzene rings is 3. The number of imide groups is 1. The van der Waals surface area contributed by atoms with Crippen LogP contribution >= 0.6 is 0 Å². The number of nitrogens with zero attached hydrogens (tertiary/aromatic N) is 1. The smallest absolute Gasteiger partial charge is 0.239 e. The Labute approximate surface area is 198 Å². The number of ketones is 1. The summed E-state index contributed by atoms with van der Waals surface area (Å²) in [6.07, 6.45) is 0.701. The lowest BCUT2D eigenvalue weighted by molar-refractivity contribution is -0.123. The van der Waals surface area contributed by atoms with Gasteiger partial charge < -0.3 is 4.74 Å². The van der Waals surface area contributed by atoms with Gasteiger partial charge in [0, 0.05) is 16.9 Å². The molecule has 4 aliphatic rings. The van der Waals surface area contributed by atoms with Gasteiger partial charge in [-0.25, -0.2) is 4.90 Å². The van der Waals surface area contributed by atoms with Crippen LogP contribution in [0.2, 0.25) is 0 Å². The predicted molar refractivity (Wildman–Crippen MR) is 128 cm³/mol. The maximum absolute atomic E-state index is 14.2. The van der Waals surface area contributed by atoms with Crippen molar-refractivity contribution in [3.8, 4) is 5.75 Å². The van der Waals surface area contributed by atoms with Gasteiger partial charge in [0.25, 0.3) is 0 Å². The maximum atomic E-state index is 14.2. The molecule has 5 nitrogen and oxygen atoms in total. The zero-order chi connectivity index (χ0) is 23.8. The summed E-state index contributed by atoms with van der Waals surface area (Å²) >= 11 is 0. The van der Waals surface area contributed by atoms with Crippen molar-refractivity contribution in [1.29, 1.82) is 0 Å². The summed E-state index contributed by atoms with van der Waals surface area (Å²) < 4.78 is 5.53. The molecule has 0 saturated carbocycles. The summed E-state index contributed by atoms with van der Waals surface area (Å²) in [5, 5.41) is 0. The first-order valence-electron chi connectivity index (χ1n) is 11.7. The largest absolute Gasteiger partial charge is 0.495 e. The van der Waals surface area contributed by atoms with Gasteiger partial charge in [0.05, 0.1) is 24.6 Å². The Bertz CT molecular complexity index is 1340. The lowest BCUT2D eigenvalue weighted by Crippen LogP contribution is -2.53. The quantitative estimate of drug-likeness (QED) is 0.420. The third-order valence-electron chi connectivity index (χ3n) is 8.18. The standard InChI is InChI=1S/C29H25NO4/c1-4-29-20-11-7-5-9-18(20)24(19-10-6-8-12-21(19)29)25-26(29)28(33)30(27(25)32)22-15-17(16(2)31)13-14-23(22)34-3/h5-15,24-26H,4H2,1-3H3/t24?,25-,26+,29?/m0/s1. The van der Waals surface area contributed by atoms with Crippen LogP contribution in [0.15, 0.2) is 66.7 Å². The Morgan fingerprint density at radius 3 is 2.12 bits per heavy atom. The van der Waals surface area contributed by atoms with Crippen LogP contribution in [-0.2, 0) is 15.0 Å². The molecular formula is C29H25NO4. The van der Waals surface area contributed by atoms with E-state index in [1.807, 2.05) is 24.3 Å². The number of hydrogen-bond donors (Lipinski definition) is 0. The molecule has 2 amide bonds. The van der Waals surface area contributed by atoms with E-state index in [0.29, 0.717) is 23.4 Å². The molecule has 1 aliphatic heterocycles. The summed E-state index contributed by atoms with van der Waals surface area (Å²) in [5.74, 6) is -1.36. The van der Waals surface area contributed by atoms with Crippen molar-refractivity contribution in [2.75, 3.05) is 12.0 Å². The van der Waals surface area contributed by atoms with Crippen LogP contribution in [-0.4, -0.2) is 24.7 Å². The van der Waals surface area contributed by atoms with Crippen molar-refractivity contribution >= 4 is 23.3 Å². The van der Waals surface area contributed by atoms with Crippen LogP contribution in [0, 0.1) is 11.8 Å². The second-order valence-electron chi connectivity index (χ2n) is 9.44. The summed E-state index contributed by atoms with van der Waals surface area (Å²) in [6, 6.07) is 21.4. The number of carbonyl (C=O) groups excluding carboxylic acids is 3. The number of carbonyl (C=O) groups is 3. The molecule has 2 atom stereocenters. The molecule has 1 heterocycles. The minimum Gasteiger partial charge on any atom is -0.495 e. The Morgan fingerprint density at radius 1 is 0.941 bits per heavy atom. The van der Waals surface area contributed by atoms with Gasteiger partial charge in [0.15, 0.2) is 5.78 Å². The highest BCUT2D eigenvalue weighted by molar-refractivity contribution is 6.24. The van der Waals surface area contributed by atoms with Gasteiger partial charge in [0.2, 0.25) is 11.8 Å². The fourth-order valence-electron chi connectivity index (χ4n) is 6.85. The van der Waals surface area contributed by atoms with Gasteiger partial charge in [-0.1, -0.05) is 55.5 Å².